The zero-order valence-electron chi connectivity index (χ0n) is 27.8. The number of alkyl halides is 3. The maximum Gasteiger partial charge on any atom is 0.395 e. The van der Waals surface area contributed by atoms with Crippen molar-refractivity contribution >= 4 is 22.7 Å². The van der Waals surface area contributed by atoms with Crippen molar-refractivity contribution in [1.29, 1.82) is 5.26 Å². The van der Waals surface area contributed by atoms with E-state index in [9.17, 15) is 23.0 Å². The number of hydrogen-bond acceptors (Lipinski definition) is 8. The number of nitriles is 1. The van der Waals surface area contributed by atoms with E-state index in [0.717, 1.165) is 23.1 Å². The predicted octanol–water partition coefficient (Wildman–Crippen LogP) is 6.93. The molecule has 1 saturated heterocycles. The normalized spacial score (nSPS) is 21.1. The Hall–Kier alpha value is -4.15. The number of ether oxygens (including phenoxy) is 2. The first-order valence-corrected chi connectivity index (χ1v) is 18.4. The molecule has 260 valence electrons. The maximum atomic E-state index is 14.7. The van der Waals surface area contributed by atoms with Gasteiger partial charge in [-0.1, -0.05) is 66.7 Å². The molecule has 0 saturated carbocycles. The SMILES string of the molecule is C[S+]([O-])c1nc2c(c(N3CCCOCC3)n1)CO[C@@]1(CC[C@H](C(F)(F)F)c3ccc(N(Cc4ccccc4)Cc4ccccc4)c(C#N)c31)C2. The van der Waals surface area contributed by atoms with Crippen molar-refractivity contribution < 1.29 is 27.2 Å². The number of halogens is 3. The lowest BCUT2D eigenvalue weighted by Crippen LogP contribution is -2.44. The number of hydrogen-bond donors (Lipinski definition) is 0. The molecule has 2 aliphatic heterocycles. The van der Waals surface area contributed by atoms with E-state index in [0.29, 0.717) is 56.6 Å². The Morgan fingerprint density at radius 1 is 1.00 bits per heavy atom. The van der Waals surface area contributed by atoms with Crippen LogP contribution in [0.15, 0.2) is 78.0 Å². The highest BCUT2D eigenvalue weighted by molar-refractivity contribution is 7.90. The number of rotatable bonds is 7. The van der Waals surface area contributed by atoms with Gasteiger partial charge >= 0.3 is 11.3 Å². The molecule has 1 spiro atoms. The summed E-state index contributed by atoms with van der Waals surface area (Å²) in [5.41, 5.74) is 3.11. The third-order valence-electron chi connectivity index (χ3n) is 9.94. The first kappa shape index (κ1) is 34.3. The smallest absolute Gasteiger partial charge is 0.395 e. The second-order valence-electron chi connectivity index (χ2n) is 13.1. The van der Waals surface area contributed by atoms with Crippen LogP contribution in [0.25, 0.3) is 0 Å². The van der Waals surface area contributed by atoms with Crippen LogP contribution in [-0.2, 0) is 52.4 Å². The van der Waals surface area contributed by atoms with Gasteiger partial charge in [-0.2, -0.15) is 28.4 Å². The molecule has 12 heteroatoms. The molecule has 4 aromatic rings. The average Bonchev–Trinajstić information content (AvgIpc) is 3.40. The van der Waals surface area contributed by atoms with Crippen molar-refractivity contribution in [2.45, 2.75) is 68.2 Å². The first-order chi connectivity index (χ1) is 24.2. The zero-order chi connectivity index (χ0) is 34.9. The molecule has 1 fully saturated rings. The molecule has 1 aliphatic carbocycles. The number of nitrogens with zero attached hydrogens (tertiary/aromatic N) is 5. The van der Waals surface area contributed by atoms with E-state index in [-0.39, 0.29) is 47.7 Å². The number of benzene rings is 3. The number of anilines is 2. The van der Waals surface area contributed by atoms with Crippen LogP contribution in [0.3, 0.4) is 0 Å². The van der Waals surface area contributed by atoms with Gasteiger partial charge in [-0.15, -0.1) is 0 Å². The van der Waals surface area contributed by atoms with Crippen molar-refractivity contribution in [3.8, 4) is 6.07 Å². The van der Waals surface area contributed by atoms with Gasteiger partial charge in [0.15, 0.2) is 0 Å². The van der Waals surface area contributed by atoms with Gasteiger partial charge in [0.1, 0.15) is 23.7 Å². The highest BCUT2D eigenvalue weighted by Gasteiger charge is 2.53. The van der Waals surface area contributed by atoms with E-state index in [2.05, 4.69) is 11.0 Å². The van der Waals surface area contributed by atoms with Gasteiger partial charge in [0.25, 0.3) is 0 Å². The third kappa shape index (κ3) is 6.80. The summed E-state index contributed by atoms with van der Waals surface area (Å²) in [5, 5.41) is 11.1. The van der Waals surface area contributed by atoms with Gasteiger partial charge in [0.2, 0.25) is 0 Å². The molecule has 3 aliphatic rings. The molecular formula is C38H38F3N5O3S. The van der Waals surface area contributed by atoms with Crippen LogP contribution in [0, 0.1) is 11.3 Å². The summed E-state index contributed by atoms with van der Waals surface area (Å²) in [5.74, 6) is -1.13. The fourth-order valence-electron chi connectivity index (χ4n) is 7.59. The Morgan fingerprint density at radius 2 is 1.70 bits per heavy atom. The van der Waals surface area contributed by atoms with Crippen LogP contribution in [0.2, 0.25) is 0 Å². The van der Waals surface area contributed by atoms with E-state index >= 15 is 0 Å². The Bertz CT molecular complexity index is 1820. The van der Waals surface area contributed by atoms with E-state index in [1.165, 1.54) is 6.26 Å². The Morgan fingerprint density at radius 3 is 2.34 bits per heavy atom. The van der Waals surface area contributed by atoms with E-state index in [1.54, 1.807) is 12.1 Å². The van der Waals surface area contributed by atoms with Gasteiger partial charge in [-0.05, 0) is 42.0 Å². The highest BCUT2D eigenvalue weighted by atomic mass is 32.2. The van der Waals surface area contributed by atoms with E-state index in [4.69, 9.17) is 19.4 Å². The summed E-state index contributed by atoms with van der Waals surface area (Å²) < 4.78 is 69.4. The fourth-order valence-corrected chi connectivity index (χ4v) is 8.04. The van der Waals surface area contributed by atoms with Crippen molar-refractivity contribution in [1.82, 2.24) is 9.97 Å². The number of aromatic nitrogens is 2. The predicted molar refractivity (Wildman–Crippen MR) is 184 cm³/mol. The Labute approximate surface area is 293 Å². The highest BCUT2D eigenvalue weighted by Crippen LogP contribution is 2.55. The molecule has 8 nitrogen and oxygen atoms in total. The quantitative estimate of drug-likeness (QED) is 0.151. The molecule has 3 aromatic carbocycles. The molecule has 0 amide bonds. The number of fused-ring (bicyclic) bond motifs is 3. The molecule has 0 bridgehead atoms. The molecule has 7 rings (SSSR count). The topological polar surface area (TPSA) is 97.6 Å². The molecule has 1 unspecified atom stereocenters. The van der Waals surface area contributed by atoms with E-state index < -0.39 is 28.9 Å². The van der Waals surface area contributed by atoms with Crippen LogP contribution in [-0.4, -0.2) is 53.3 Å². The molecule has 0 radical (unpaired) electrons. The average molecular weight is 702 g/mol. The van der Waals surface area contributed by atoms with Crippen LogP contribution in [0.1, 0.15) is 64.3 Å². The summed E-state index contributed by atoms with van der Waals surface area (Å²) >= 11 is -1.51. The summed E-state index contributed by atoms with van der Waals surface area (Å²) in [6.07, 6.45) is -2.23. The fraction of sp³-hybridized carbons (Fsp3) is 0.395. The molecular weight excluding hydrogens is 664 g/mol. The van der Waals surface area contributed by atoms with Gasteiger partial charge in [0, 0.05) is 61.5 Å². The molecule has 0 N–H and O–H groups in total. The Kier molecular flexibility index (Phi) is 9.76. The monoisotopic (exact) mass is 701 g/mol. The molecule has 50 heavy (non-hydrogen) atoms. The summed E-state index contributed by atoms with van der Waals surface area (Å²) in [6, 6.07) is 25.2. The van der Waals surface area contributed by atoms with Crippen LogP contribution in [0.4, 0.5) is 24.7 Å². The largest absolute Gasteiger partial charge is 0.609 e. The van der Waals surface area contributed by atoms with Crippen molar-refractivity contribution in [3.05, 3.63) is 112 Å². The lowest BCUT2D eigenvalue weighted by atomic mass is 9.68. The lowest BCUT2D eigenvalue weighted by Gasteiger charge is -2.46. The molecule has 3 atom stereocenters. The second kappa shape index (κ2) is 14.2. The molecule has 1 aromatic heterocycles. The maximum absolute atomic E-state index is 14.7. The second-order valence-corrected chi connectivity index (χ2v) is 14.4. The van der Waals surface area contributed by atoms with Gasteiger partial charge in [0.05, 0.1) is 36.1 Å². The first-order valence-electron chi connectivity index (χ1n) is 16.8. The van der Waals surface area contributed by atoms with E-state index in [1.807, 2.05) is 65.6 Å². The van der Waals surface area contributed by atoms with Crippen LogP contribution >= 0.6 is 0 Å². The molecule has 3 heterocycles. The summed E-state index contributed by atoms with van der Waals surface area (Å²) in [6.45, 7) is 3.31. The zero-order valence-corrected chi connectivity index (χ0v) is 28.6. The van der Waals surface area contributed by atoms with Crippen molar-refractivity contribution in [3.63, 3.8) is 0 Å². The van der Waals surface area contributed by atoms with Crippen LogP contribution < -0.4 is 9.80 Å². The minimum absolute atomic E-state index is 0.0422. The third-order valence-corrected chi connectivity index (χ3v) is 10.6. The summed E-state index contributed by atoms with van der Waals surface area (Å²) in [4.78, 5) is 13.6. The van der Waals surface area contributed by atoms with Crippen LogP contribution in [0.5, 0.6) is 0 Å². The summed E-state index contributed by atoms with van der Waals surface area (Å²) in [7, 11) is 0. The minimum atomic E-state index is -4.51. The standard InChI is InChI=1S/C38H38F3N5O3S/c1-50(47)36-43-32-21-37(49-25-30(32)35(44-36)45-17-8-19-48-20-18-45)16-15-31(38(39,40)41)28-13-14-33(29(22-42)34(28)37)46(23-26-9-4-2-5-10-26)24-27-11-6-3-7-12-27/h2-7,9-14,31H,8,15-21,23-25H2,1H3/t31-,37-,50?/m0/s1. The van der Waals surface area contributed by atoms with Crippen molar-refractivity contribution in [2.24, 2.45) is 0 Å². The van der Waals surface area contributed by atoms with Gasteiger partial charge in [-0.25, -0.2) is 0 Å². The Balaban J connectivity index is 1.38. The van der Waals surface area contributed by atoms with Gasteiger partial charge < -0.3 is 23.8 Å². The van der Waals surface area contributed by atoms with Gasteiger partial charge in [-0.3, -0.25) is 0 Å². The van der Waals surface area contributed by atoms with Crippen molar-refractivity contribution in [2.75, 3.05) is 42.4 Å². The minimum Gasteiger partial charge on any atom is -0.609 e. The lowest BCUT2D eigenvalue weighted by molar-refractivity contribution is -0.165.